The molecule has 0 amide bonds. The van der Waals surface area contributed by atoms with Gasteiger partial charge in [-0.05, 0) is 30.5 Å². The van der Waals surface area contributed by atoms with Crippen molar-refractivity contribution in [2.45, 2.75) is 29.4 Å². The van der Waals surface area contributed by atoms with Crippen LogP contribution >= 0.6 is 11.8 Å². The monoisotopic (exact) mass is 296 g/mol. The van der Waals surface area contributed by atoms with Gasteiger partial charge in [-0.2, -0.15) is 0 Å². The van der Waals surface area contributed by atoms with E-state index in [4.69, 9.17) is 0 Å². The molecule has 1 atom stereocenters. The normalized spacial score (nSPS) is 11.8. The summed E-state index contributed by atoms with van der Waals surface area (Å²) in [6.45, 7) is 3.71. The van der Waals surface area contributed by atoms with E-state index in [1.807, 2.05) is 54.6 Å². The number of ketones is 1. The van der Waals surface area contributed by atoms with Gasteiger partial charge < -0.3 is 0 Å². The van der Waals surface area contributed by atoms with Crippen LogP contribution in [-0.4, -0.2) is 5.78 Å². The number of rotatable bonds is 8. The maximum atomic E-state index is 12.6. The molecular weight excluding hydrogens is 276 g/mol. The molecule has 0 bridgehead atoms. The van der Waals surface area contributed by atoms with Crippen LogP contribution < -0.4 is 0 Å². The van der Waals surface area contributed by atoms with Crippen molar-refractivity contribution in [2.75, 3.05) is 0 Å². The van der Waals surface area contributed by atoms with E-state index in [1.54, 1.807) is 11.8 Å². The first-order chi connectivity index (χ1) is 10.3. The molecule has 1 unspecified atom stereocenters. The molecule has 0 radical (unpaired) electrons. The number of thioether (sulfide) groups is 1. The van der Waals surface area contributed by atoms with Gasteiger partial charge in [0.25, 0.3) is 0 Å². The highest BCUT2D eigenvalue weighted by molar-refractivity contribution is 8.00. The zero-order valence-corrected chi connectivity index (χ0v) is 12.9. The van der Waals surface area contributed by atoms with E-state index in [-0.39, 0.29) is 11.0 Å². The number of hydrogen-bond donors (Lipinski definition) is 0. The molecule has 0 spiro atoms. The summed E-state index contributed by atoms with van der Waals surface area (Å²) in [5.74, 6) is 0.289. The van der Waals surface area contributed by atoms with Crippen molar-refractivity contribution >= 4 is 17.5 Å². The lowest BCUT2D eigenvalue weighted by molar-refractivity contribution is -0.118. The Morgan fingerprint density at radius 3 is 2.29 bits per heavy atom. The zero-order valence-electron chi connectivity index (χ0n) is 12.1. The summed E-state index contributed by atoms with van der Waals surface area (Å²) in [6, 6.07) is 20.1. The van der Waals surface area contributed by atoms with Crippen molar-refractivity contribution in [3.63, 3.8) is 0 Å². The standard InChI is InChI=1S/C19H20OS/c1-2-3-6-15-18(20)19(16-11-7-4-8-12-16)21-17-13-9-5-10-14-17/h2,4-5,7-14,19H,1,3,6,15H2. The third-order valence-corrected chi connectivity index (χ3v) is 4.54. The van der Waals surface area contributed by atoms with Crippen LogP contribution in [-0.2, 0) is 4.79 Å². The Bertz CT molecular complexity index is 563. The molecule has 0 saturated heterocycles. The maximum Gasteiger partial charge on any atom is 0.150 e. The predicted molar refractivity (Wildman–Crippen MR) is 90.5 cm³/mol. The van der Waals surface area contributed by atoms with Gasteiger partial charge in [0.05, 0.1) is 5.25 Å². The molecule has 21 heavy (non-hydrogen) atoms. The first kappa shape index (κ1) is 15.6. The van der Waals surface area contributed by atoms with Crippen molar-refractivity contribution in [2.24, 2.45) is 0 Å². The topological polar surface area (TPSA) is 17.1 Å². The second-order valence-corrected chi connectivity index (χ2v) is 6.05. The molecule has 0 saturated carbocycles. The minimum absolute atomic E-state index is 0.126. The van der Waals surface area contributed by atoms with Crippen molar-refractivity contribution in [3.05, 3.63) is 78.9 Å². The molecule has 0 fully saturated rings. The van der Waals surface area contributed by atoms with Gasteiger partial charge in [0.1, 0.15) is 0 Å². The van der Waals surface area contributed by atoms with Crippen LogP contribution in [0.5, 0.6) is 0 Å². The Balaban J connectivity index is 2.14. The molecule has 0 aliphatic carbocycles. The van der Waals surface area contributed by atoms with Crippen LogP contribution in [0.25, 0.3) is 0 Å². The van der Waals surface area contributed by atoms with E-state index in [0.717, 1.165) is 23.3 Å². The average Bonchev–Trinajstić information content (AvgIpc) is 2.54. The highest BCUT2D eigenvalue weighted by Gasteiger charge is 2.21. The highest BCUT2D eigenvalue weighted by atomic mass is 32.2. The molecule has 0 aromatic heterocycles. The molecule has 2 rings (SSSR count). The SMILES string of the molecule is C=CCCCC(=O)C(Sc1ccccc1)c1ccccc1. The van der Waals surface area contributed by atoms with E-state index in [1.165, 1.54) is 0 Å². The average molecular weight is 296 g/mol. The van der Waals surface area contributed by atoms with Crippen LogP contribution in [0.4, 0.5) is 0 Å². The lowest BCUT2D eigenvalue weighted by Crippen LogP contribution is -2.09. The van der Waals surface area contributed by atoms with Gasteiger partial charge in [-0.25, -0.2) is 0 Å². The minimum atomic E-state index is -0.126. The highest BCUT2D eigenvalue weighted by Crippen LogP contribution is 2.36. The minimum Gasteiger partial charge on any atom is -0.298 e. The molecular formula is C19H20OS. The second-order valence-electron chi connectivity index (χ2n) is 4.87. The summed E-state index contributed by atoms with van der Waals surface area (Å²) in [5, 5.41) is -0.126. The molecule has 0 N–H and O–H groups in total. The summed E-state index contributed by atoms with van der Waals surface area (Å²) < 4.78 is 0. The fraction of sp³-hybridized carbons (Fsp3) is 0.211. The maximum absolute atomic E-state index is 12.6. The van der Waals surface area contributed by atoms with Crippen LogP contribution in [0.2, 0.25) is 0 Å². The van der Waals surface area contributed by atoms with Crippen LogP contribution in [0.15, 0.2) is 78.2 Å². The zero-order chi connectivity index (χ0) is 14.9. The Labute approximate surface area is 131 Å². The Morgan fingerprint density at radius 2 is 1.67 bits per heavy atom. The van der Waals surface area contributed by atoms with Gasteiger partial charge >= 0.3 is 0 Å². The number of hydrogen-bond acceptors (Lipinski definition) is 2. The summed E-state index contributed by atoms with van der Waals surface area (Å²) in [6.07, 6.45) is 4.24. The predicted octanol–water partition coefficient (Wildman–Crippen LogP) is 5.45. The summed E-state index contributed by atoms with van der Waals surface area (Å²) in [7, 11) is 0. The van der Waals surface area contributed by atoms with Crippen LogP contribution in [0.3, 0.4) is 0 Å². The number of carbonyl (C=O) groups is 1. The number of carbonyl (C=O) groups excluding carboxylic acids is 1. The summed E-state index contributed by atoms with van der Waals surface area (Å²) in [4.78, 5) is 13.7. The van der Waals surface area contributed by atoms with Crippen molar-refractivity contribution in [1.29, 1.82) is 0 Å². The molecule has 0 aliphatic heterocycles. The van der Waals surface area contributed by atoms with Gasteiger partial charge in [0.15, 0.2) is 5.78 Å². The van der Waals surface area contributed by atoms with E-state index in [2.05, 4.69) is 18.7 Å². The van der Waals surface area contributed by atoms with E-state index < -0.39 is 0 Å². The lowest BCUT2D eigenvalue weighted by Gasteiger charge is -2.16. The number of unbranched alkanes of at least 4 members (excludes halogenated alkanes) is 1. The van der Waals surface area contributed by atoms with E-state index in [0.29, 0.717) is 6.42 Å². The van der Waals surface area contributed by atoms with Crippen molar-refractivity contribution in [3.8, 4) is 0 Å². The van der Waals surface area contributed by atoms with Crippen molar-refractivity contribution in [1.82, 2.24) is 0 Å². The molecule has 108 valence electrons. The largest absolute Gasteiger partial charge is 0.298 e. The van der Waals surface area contributed by atoms with Gasteiger partial charge in [0.2, 0.25) is 0 Å². The molecule has 2 aromatic rings. The Morgan fingerprint density at radius 1 is 1.05 bits per heavy atom. The fourth-order valence-corrected chi connectivity index (χ4v) is 3.26. The fourth-order valence-electron chi connectivity index (χ4n) is 2.13. The molecule has 2 aromatic carbocycles. The van der Waals surface area contributed by atoms with Gasteiger partial charge in [0, 0.05) is 11.3 Å². The first-order valence-electron chi connectivity index (χ1n) is 7.21. The second kappa shape index (κ2) is 8.48. The molecule has 2 heteroatoms. The van der Waals surface area contributed by atoms with Gasteiger partial charge in [-0.1, -0.05) is 54.6 Å². The van der Waals surface area contributed by atoms with Gasteiger partial charge in [-0.15, -0.1) is 18.3 Å². The van der Waals surface area contributed by atoms with Crippen molar-refractivity contribution < 1.29 is 4.79 Å². The number of benzene rings is 2. The van der Waals surface area contributed by atoms with Crippen LogP contribution in [0, 0.1) is 0 Å². The quantitative estimate of drug-likeness (QED) is 0.366. The lowest BCUT2D eigenvalue weighted by atomic mass is 10.0. The third-order valence-electron chi connectivity index (χ3n) is 3.22. The van der Waals surface area contributed by atoms with Crippen LogP contribution in [0.1, 0.15) is 30.1 Å². The smallest absolute Gasteiger partial charge is 0.150 e. The van der Waals surface area contributed by atoms with E-state index in [9.17, 15) is 4.79 Å². The van der Waals surface area contributed by atoms with Gasteiger partial charge in [-0.3, -0.25) is 4.79 Å². The number of allylic oxidation sites excluding steroid dienone is 1. The number of Topliss-reactive ketones (excluding diaryl/α,β-unsaturated/α-hetero) is 1. The molecule has 0 heterocycles. The van der Waals surface area contributed by atoms with E-state index >= 15 is 0 Å². The Hall–Kier alpha value is -1.80. The Kier molecular flexibility index (Phi) is 6.29. The molecule has 0 aliphatic rings. The third kappa shape index (κ3) is 4.91. The summed E-state index contributed by atoms with van der Waals surface area (Å²) in [5.41, 5.74) is 1.08. The molecule has 1 nitrogen and oxygen atoms in total. The first-order valence-corrected chi connectivity index (χ1v) is 8.09. The summed E-state index contributed by atoms with van der Waals surface area (Å²) >= 11 is 1.63.